The Morgan fingerprint density at radius 2 is 2.12 bits per heavy atom. The fourth-order valence-corrected chi connectivity index (χ4v) is 3.00. The highest BCUT2D eigenvalue weighted by molar-refractivity contribution is 7.98. The van der Waals surface area contributed by atoms with Crippen molar-refractivity contribution in [3.8, 4) is 0 Å². The molecule has 2 aromatic rings. The molecule has 0 atom stereocenters. The number of fused-ring (bicyclic) bond motifs is 1. The van der Waals surface area contributed by atoms with E-state index in [1.165, 1.54) is 16.5 Å². The monoisotopic (exact) mass is 267 g/mol. The summed E-state index contributed by atoms with van der Waals surface area (Å²) in [4.78, 5) is 0. The zero-order chi connectivity index (χ0) is 12.4. The summed E-state index contributed by atoms with van der Waals surface area (Å²) in [6, 6.07) is 6.62. The molecule has 2 rings (SSSR count). The molecule has 0 bridgehead atoms. The van der Waals surface area contributed by atoms with Gasteiger partial charge in [-0.05, 0) is 31.2 Å². The third kappa shape index (κ3) is 2.48. The number of hydrogen-bond acceptors (Lipinski definition) is 1. The maximum Gasteiger partial charge on any atom is 0.0675 e. The van der Waals surface area contributed by atoms with Gasteiger partial charge in [0.15, 0.2) is 0 Å². The number of benzene rings is 1. The molecule has 0 radical (unpaired) electrons. The topological polar surface area (TPSA) is 4.93 Å². The molecule has 92 valence electrons. The fourth-order valence-electron chi connectivity index (χ4n) is 2.07. The maximum atomic E-state index is 6.33. The van der Waals surface area contributed by atoms with Crippen LogP contribution in [0.4, 0.5) is 0 Å². The Labute approximate surface area is 112 Å². The smallest absolute Gasteiger partial charge is 0.0675 e. The number of thioether (sulfide) groups is 1. The molecule has 1 aromatic carbocycles. The second kappa shape index (κ2) is 5.36. The van der Waals surface area contributed by atoms with Crippen LogP contribution in [0.3, 0.4) is 0 Å². The van der Waals surface area contributed by atoms with Crippen LogP contribution < -0.4 is 0 Å². The number of para-hydroxylation sites is 1. The van der Waals surface area contributed by atoms with E-state index in [1.807, 2.05) is 23.9 Å². The number of rotatable bonds is 4. The van der Waals surface area contributed by atoms with E-state index in [0.29, 0.717) is 6.04 Å². The van der Waals surface area contributed by atoms with Gasteiger partial charge >= 0.3 is 0 Å². The van der Waals surface area contributed by atoms with Crippen LogP contribution in [0, 0.1) is 0 Å². The second-order valence-electron chi connectivity index (χ2n) is 4.43. The summed E-state index contributed by atoms with van der Waals surface area (Å²) in [5, 5.41) is 2.15. The summed E-state index contributed by atoms with van der Waals surface area (Å²) >= 11 is 8.28. The minimum absolute atomic E-state index is 0.442. The Hall–Kier alpha value is -0.600. The molecule has 0 unspecified atom stereocenters. The first-order valence-corrected chi connectivity index (χ1v) is 7.54. The Morgan fingerprint density at radius 1 is 1.35 bits per heavy atom. The van der Waals surface area contributed by atoms with Crippen molar-refractivity contribution >= 4 is 34.3 Å². The molecule has 0 saturated carbocycles. The van der Waals surface area contributed by atoms with Gasteiger partial charge in [-0.3, -0.25) is 0 Å². The number of aromatic nitrogens is 1. The van der Waals surface area contributed by atoms with E-state index in [2.05, 4.69) is 37.6 Å². The molecule has 3 heteroatoms. The van der Waals surface area contributed by atoms with Crippen LogP contribution in [-0.2, 0) is 5.75 Å². The molecule has 1 nitrogen and oxygen atoms in total. The molecule has 0 fully saturated rings. The fraction of sp³-hybridized carbons (Fsp3) is 0.429. The van der Waals surface area contributed by atoms with E-state index in [4.69, 9.17) is 11.6 Å². The van der Waals surface area contributed by atoms with Crippen molar-refractivity contribution in [1.29, 1.82) is 0 Å². The van der Waals surface area contributed by atoms with Gasteiger partial charge in [-0.1, -0.05) is 30.7 Å². The van der Waals surface area contributed by atoms with Gasteiger partial charge in [-0.25, -0.2) is 0 Å². The van der Waals surface area contributed by atoms with Crippen LogP contribution in [0.1, 0.15) is 32.4 Å². The molecule has 0 amide bonds. The van der Waals surface area contributed by atoms with Gasteiger partial charge < -0.3 is 4.57 Å². The first-order valence-electron chi connectivity index (χ1n) is 6.00. The summed E-state index contributed by atoms with van der Waals surface area (Å²) in [5.74, 6) is 2.21. The Bertz CT molecular complexity index is 516. The van der Waals surface area contributed by atoms with Crippen molar-refractivity contribution in [2.45, 2.75) is 32.6 Å². The van der Waals surface area contributed by atoms with Crippen LogP contribution in [0.2, 0.25) is 5.02 Å². The lowest BCUT2D eigenvalue weighted by Gasteiger charge is -2.09. The summed E-state index contributed by atoms with van der Waals surface area (Å²) in [5.41, 5.74) is 2.57. The first-order chi connectivity index (χ1) is 8.15. The standard InChI is InChI=1S/C14H18ClNS/c1-4-17-9-11-8-16(10(2)3)14-12(11)6-5-7-13(14)15/h5-8,10H,4,9H2,1-3H3. The minimum Gasteiger partial charge on any atom is -0.343 e. The summed E-state index contributed by atoms with van der Waals surface area (Å²) < 4.78 is 2.28. The van der Waals surface area contributed by atoms with Gasteiger partial charge in [0.25, 0.3) is 0 Å². The van der Waals surface area contributed by atoms with Crippen LogP contribution in [0.25, 0.3) is 10.9 Å². The van der Waals surface area contributed by atoms with Gasteiger partial charge in [0, 0.05) is 23.4 Å². The number of halogens is 1. The van der Waals surface area contributed by atoms with Crippen molar-refractivity contribution < 1.29 is 0 Å². The molecule has 0 aliphatic heterocycles. The van der Waals surface area contributed by atoms with Crippen molar-refractivity contribution in [3.05, 3.63) is 35.0 Å². The highest BCUT2D eigenvalue weighted by Gasteiger charge is 2.12. The molecule has 17 heavy (non-hydrogen) atoms. The molecule has 0 saturated heterocycles. The second-order valence-corrected chi connectivity index (χ2v) is 6.11. The van der Waals surface area contributed by atoms with Crippen LogP contribution in [-0.4, -0.2) is 10.3 Å². The SMILES string of the molecule is CCSCc1cn(C(C)C)c2c(Cl)cccc12. The maximum absolute atomic E-state index is 6.33. The predicted octanol–water partition coefficient (Wildman–Crippen LogP) is 5.13. The molecule has 1 aromatic heterocycles. The molecule has 0 N–H and O–H groups in total. The largest absolute Gasteiger partial charge is 0.343 e. The highest BCUT2D eigenvalue weighted by atomic mass is 35.5. The lowest BCUT2D eigenvalue weighted by molar-refractivity contribution is 0.622. The van der Waals surface area contributed by atoms with E-state index in [-0.39, 0.29) is 0 Å². The van der Waals surface area contributed by atoms with E-state index < -0.39 is 0 Å². The highest BCUT2D eigenvalue weighted by Crippen LogP contribution is 2.32. The van der Waals surface area contributed by atoms with Crippen molar-refractivity contribution in [3.63, 3.8) is 0 Å². The Morgan fingerprint density at radius 3 is 2.76 bits per heavy atom. The first kappa shape index (κ1) is 12.8. The lowest BCUT2D eigenvalue weighted by Crippen LogP contribution is -1.98. The van der Waals surface area contributed by atoms with Gasteiger partial charge in [0.1, 0.15) is 0 Å². The van der Waals surface area contributed by atoms with Crippen molar-refractivity contribution in [2.24, 2.45) is 0 Å². The minimum atomic E-state index is 0.442. The van der Waals surface area contributed by atoms with E-state index >= 15 is 0 Å². The molecule has 0 aliphatic rings. The summed E-state index contributed by atoms with van der Waals surface area (Å²) in [6.07, 6.45) is 2.25. The van der Waals surface area contributed by atoms with Crippen molar-refractivity contribution in [2.75, 3.05) is 5.75 Å². The molecular weight excluding hydrogens is 250 g/mol. The summed E-state index contributed by atoms with van der Waals surface area (Å²) in [6.45, 7) is 6.58. The van der Waals surface area contributed by atoms with Crippen LogP contribution in [0.15, 0.2) is 24.4 Å². The van der Waals surface area contributed by atoms with E-state index in [0.717, 1.165) is 16.5 Å². The zero-order valence-corrected chi connectivity index (χ0v) is 12.1. The van der Waals surface area contributed by atoms with Crippen LogP contribution in [0.5, 0.6) is 0 Å². The quantitative estimate of drug-likeness (QED) is 0.744. The van der Waals surface area contributed by atoms with Gasteiger partial charge in [0.05, 0.1) is 10.5 Å². The number of hydrogen-bond donors (Lipinski definition) is 0. The Balaban J connectivity index is 2.58. The average molecular weight is 268 g/mol. The van der Waals surface area contributed by atoms with Gasteiger partial charge in [-0.2, -0.15) is 11.8 Å². The average Bonchev–Trinajstić information content (AvgIpc) is 2.67. The molecule has 0 aliphatic carbocycles. The zero-order valence-electron chi connectivity index (χ0n) is 10.5. The Kier molecular flexibility index (Phi) is 4.05. The van der Waals surface area contributed by atoms with Gasteiger partial charge in [0.2, 0.25) is 0 Å². The summed E-state index contributed by atoms with van der Waals surface area (Å²) in [7, 11) is 0. The molecule has 1 heterocycles. The normalized spacial score (nSPS) is 11.6. The van der Waals surface area contributed by atoms with Crippen molar-refractivity contribution in [1.82, 2.24) is 4.57 Å². The third-order valence-corrected chi connectivity index (χ3v) is 4.13. The third-order valence-electron chi connectivity index (χ3n) is 2.90. The van der Waals surface area contributed by atoms with E-state index in [9.17, 15) is 0 Å². The van der Waals surface area contributed by atoms with Crippen LogP contribution >= 0.6 is 23.4 Å². The number of nitrogens with zero attached hydrogens (tertiary/aromatic N) is 1. The predicted molar refractivity (Wildman–Crippen MR) is 79.2 cm³/mol. The lowest BCUT2D eigenvalue weighted by atomic mass is 10.2. The van der Waals surface area contributed by atoms with Gasteiger partial charge in [-0.15, -0.1) is 0 Å². The van der Waals surface area contributed by atoms with E-state index in [1.54, 1.807) is 0 Å². The molecular formula is C14H18ClNS. The molecule has 0 spiro atoms.